The first-order valence-corrected chi connectivity index (χ1v) is 29.8. The van der Waals surface area contributed by atoms with Gasteiger partial charge in [-0.05, 0) is 154 Å². The molecule has 7 rings (SSSR count). The third-order valence-corrected chi connectivity index (χ3v) is 19.4. The summed E-state index contributed by atoms with van der Waals surface area (Å²) in [4.78, 5) is 0. The van der Waals surface area contributed by atoms with Crippen LogP contribution in [0.25, 0.3) is 0 Å². The first-order chi connectivity index (χ1) is 35.1. The topological polar surface area (TPSA) is 84.0 Å². The number of aliphatic hydroxyl groups excluding tert-OH is 2. The van der Waals surface area contributed by atoms with Gasteiger partial charge in [0.2, 0.25) is 0 Å². The van der Waals surface area contributed by atoms with Gasteiger partial charge in [0, 0.05) is 40.7 Å². The van der Waals surface area contributed by atoms with Crippen LogP contribution in [0.3, 0.4) is 0 Å². The second kappa shape index (κ2) is 23.1. The molecule has 11 atom stereocenters. The smallest absolute Gasteiger partial charge is 0.127 e. The van der Waals surface area contributed by atoms with Crippen LogP contribution in [0.1, 0.15) is 216 Å². The van der Waals surface area contributed by atoms with Crippen LogP contribution >= 0.6 is 0 Å². The van der Waals surface area contributed by atoms with Crippen molar-refractivity contribution < 1.29 is 29.2 Å². The SMILES string of the molecule is CC(=C/[C@H]1Cc2c3c(c(C)c(C)c2O[C@@H]1/C(C)=C/C=C/C=C(C)/C=C/C=C(C)/C=C/[C@@]12O[C@]1(C)C[C@@H](O)CC2(C)C)O[C@](C)(CCCC(C)CCCC(C)CCCC(C)C)CC3)/C=C/[C@@]12O[C@]1(C)C[C@@H](O)CC2(C)C. The maximum absolute atomic E-state index is 10.7. The molecule has 1 aromatic carbocycles. The van der Waals surface area contributed by atoms with E-state index in [0.29, 0.717) is 12.8 Å². The van der Waals surface area contributed by atoms with Gasteiger partial charge in [0.15, 0.2) is 0 Å². The summed E-state index contributed by atoms with van der Waals surface area (Å²) in [5.41, 5.74) is 7.96. The van der Waals surface area contributed by atoms with E-state index in [4.69, 9.17) is 18.9 Å². The average molecular weight is 1030 g/mol. The van der Waals surface area contributed by atoms with Gasteiger partial charge in [0.05, 0.1) is 12.2 Å². The number of aliphatic hydroxyl groups is 2. The van der Waals surface area contributed by atoms with Gasteiger partial charge in [0.25, 0.3) is 0 Å². The minimum atomic E-state index is -0.385. The molecule has 2 unspecified atom stereocenters. The molecule has 6 aliphatic rings. The lowest BCUT2D eigenvalue weighted by Crippen LogP contribution is -2.46. The quantitative estimate of drug-likeness (QED) is 0.0889. The minimum Gasteiger partial charge on any atom is -0.487 e. The fourth-order valence-corrected chi connectivity index (χ4v) is 14.7. The lowest BCUT2D eigenvalue weighted by atomic mass is 9.63. The van der Waals surface area contributed by atoms with Crippen molar-refractivity contribution in [3.05, 3.63) is 117 Å². The van der Waals surface area contributed by atoms with Crippen molar-refractivity contribution in [2.75, 3.05) is 0 Å². The van der Waals surface area contributed by atoms with E-state index < -0.39 is 0 Å². The number of hydrogen-bond acceptors (Lipinski definition) is 6. The Hall–Kier alpha value is -3.42. The van der Waals surface area contributed by atoms with E-state index in [9.17, 15) is 10.2 Å². The molecule has 75 heavy (non-hydrogen) atoms. The molecule has 2 N–H and O–H groups in total. The van der Waals surface area contributed by atoms with Gasteiger partial charge in [-0.25, -0.2) is 0 Å². The lowest BCUT2D eigenvalue weighted by molar-refractivity contribution is 0.0501. The van der Waals surface area contributed by atoms with Gasteiger partial charge in [-0.15, -0.1) is 0 Å². The zero-order valence-electron chi connectivity index (χ0n) is 50.3. The number of fused-ring (bicyclic) bond motifs is 5. The van der Waals surface area contributed by atoms with Crippen molar-refractivity contribution in [3.63, 3.8) is 0 Å². The molecule has 0 radical (unpaired) electrons. The molecule has 6 nitrogen and oxygen atoms in total. The van der Waals surface area contributed by atoms with E-state index in [1.54, 1.807) is 0 Å². The molecular weight excluding hydrogens is 925 g/mol. The Kier molecular flexibility index (Phi) is 18.3. The Balaban J connectivity index is 1.05. The molecule has 416 valence electrons. The molecule has 2 saturated heterocycles. The summed E-state index contributed by atoms with van der Waals surface area (Å²) >= 11 is 0. The predicted molar refractivity (Wildman–Crippen MR) is 314 cm³/mol. The Bertz CT molecular complexity index is 2450. The Morgan fingerprint density at radius 3 is 1.68 bits per heavy atom. The summed E-state index contributed by atoms with van der Waals surface area (Å²) in [5, 5.41) is 21.2. The molecular formula is C69H104O6. The summed E-state index contributed by atoms with van der Waals surface area (Å²) < 4.78 is 27.4. The molecule has 4 heterocycles. The molecule has 1 aromatic rings. The molecule has 2 saturated carbocycles. The monoisotopic (exact) mass is 1030 g/mol. The number of hydrogen-bond donors (Lipinski definition) is 2. The van der Waals surface area contributed by atoms with Gasteiger partial charge >= 0.3 is 0 Å². The van der Waals surface area contributed by atoms with Gasteiger partial charge in [-0.1, -0.05) is 178 Å². The van der Waals surface area contributed by atoms with Crippen molar-refractivity contribution in [1.82, 2.24) is 0 Å². The number of benzene rings is 1. The average Bonchev–Trinajstić information content (AvgIpc) is 4.16. The maximum Gasteiger partial charge on any atom is 0.127 e. The van der Waals surface area contributed by atoms with Crippen molar-refractivity contribution in [1.29, 1.82) is 0 Å². The van der Waals surface area contributed by atoms with E-state index in [-0.39, 0.29) is 63.1 Å². The van der Waals surface area contributed by atoms with Crippen molar-refractivity contribution >= 4 is 0 Å². The first-order valence-electron chi connectivity index (χ1n) is 29.8. The van der Waals surface area contributed by atoms with Gasteiger partial charge in [-0.2, -0.15) is 0 Å². The number of ether oxygens (including phenoxy) is 4. The van der Waals surface area contributed by atoms with E-state index in [1.165, 1.54) is 84.8 Å². The number of epoxide rings is 2. The molecule has 4 aliphatic heterocycles. The molecule has 0 amide bonds. The Morgan fingerprint density at radius 2 is 1.11 bits per heavy atom. The Morgan fingerprint density at radius 1 is 0.600 bits per heavy atom. The normalized spacial score (nSPS) is 34.3. The third kappa shape index (κ3) is 13.0. The molecule has 2 aliphatic carbocycles. The van der Waals surface area contributed by atoms with Gasteiger partial charge in [-0.3, -0.25) is 0 Å². The second-order valence-corrected chi connectivity index (χ2v) is 27.8. The molecule has 6 heteroatoms. The van der Waals surface area contributed by atoms with Crippen molar-refractivity contribution in [2.24, 2.45) is 34.5 Å². The van der Waals surface area contributed by atoms with E-state index in [2.05, 4.69) is 191 Å². The highest BCUT2D eigenvalue weighted by molar-refractivity contribution is 5.61. The number of allylic oxidation sites excluding steroid dienone is 12. The fraction of sp³-hybridized carbons (Fsp3) is 0.681. The van der Waals surface area contributed by atoms with E-state index in [1.807, 2.05) is 0 Å². The lowest BCUT2D eigenvalue weighted by Gasteiger charge is -2.41. The van der Waals surface area contributed by atoms with Gasteiger partial charge < -0.3 is 29.2 Å². The minimum absolute atomic E-state index is 0.112. The fourth-order valence-electron chi connectivity index (χ4n) is 14.7. The van der Waals surface area contributed by atoms with Crippen LogP contribution in [-0.2, 0) is 22.3 Å². The second-order valence-electron chi connectivity index (χ2n) is 27.8. The highest BCUT2D eigenvalue weighted by atomic mass is 16.6. The highest BCUT2D eigenvalue weighted by Crippen LogP contribution is 2.67. The van der Waals surface area contributed by atoms with Crippen LogP contribution in [0, 0.1) is 48.3 Å². The van der Waals surface area contributed by atoms with Crippen molar-refractivity contribution in [2.45, 2.75) is 267 Å². The predicted octanol–water partition coefficient (Wildman–Crippen LogP) is 17.2. The summed E-state index contributed by atoms with van der Waals surface area (Å²) in [5.74, 6) is 4.67. The highest BCUT2D eigenvalue weighted by Gasteiger charge is 2.75. The van der Waals surface area contributed by atoms with E-state index in [0.717, 1.165) is 78.9 Å². The van der Waals surface area contributed by atoms with E-state index >= 15 is 0 Å². The summed E-state index contributed by atoms with van der Waals surface area (Å²) in [6.07, 6.45) is 43.2. The molecule has 0 spiro atoms. The van der Waals surface area contributed by atoms with Crippen molar-refractivity contribution in [3.8, 4) is 11.5 Å². The maximum atomic E-state index is 10.7. The summed E-state index contributed by atoms with van der Waals surface area (Å²) in [7, 11) is 0. The van der Waals surface area contributed by atoms with Crippen LogP contribution in [0.5, 0.6) is 11.5 Å². The molecule has 4 fully saturated rings. The molecule has 0 aromatic heterocycles. The number of rotatable bonds is 22. The summed E-state index contributed by atoms with van der Waals surface area (Å²) in [6.45, 7) is 38.3. The standard InChI is InChI=1S/C69H104O6/c1-46(2)24-20-26-48(4)28-21-29-49(5)31-23-36-65(15)37-35-58-59-41-55(40-51(7)34-39-69-64(13,14)43-57(71)45-67(69,17)75-69)60(72-61(59)53(9)54(10)62(58)73-65)52(8)32-19-18-25-47(3)27-22-30-50(6)33-38-68-63(11,12)42-56(70)44-66(68,16)74-68/h18-19,22,25,27,30,32-34,38-40,46,48-49,55-57,60,70-71H,20-21,23-24,26,28-29,31,35-37,41-45H2,1-17H3/b19-18+,27-22+,38-33+,39-34+,47-25+,50-30+,51-40-,52-32+/t48?,49?,55-,56-,57-,60+,65+,66+,67+,68-,69-/m0/s1. The third-order valence-electron chi connectivity index (χ3n) is 19.4. The van der Waals surface area contributed by atoms with Crippen LogP contribution < -0.4 is 9.47 Å². The van der Waals surface area contributed by atoms with Crippen LogP contribution in [0.15, 0.2) is 95.2 Å². The Labute approximate surface area is 457 Å². The van der Waals surface area contributed by atoms with Crippen LogP contribution in [0.2, 0.25) is 0 Å². The van der Waals surface area contributed by atoms with Gasteiger partial charge in [0.1, 0.15) is 45.6 Å². The zero-order valence-corrected chi connectivity index (χ0v) is 50.3. The zero-order chi connectivity index (χ0) is 54.9. The molecule has 0 bridgehead atoms. The van der Waals surface area contributed by atoms with Crippen LogP contribution in [0.4, 0.5) is 0 Å². The summed E-state index contributed by atoms with van der Waals surface area (Å²) in [6, 6.07) is 0. The van der Waals surface area contributed by atoms with Crippen LogP contribution in [-0.4, -0.2) is 56.5 Å². The first kappa shape index (κ1) is 59.2. The largest absolute Gasteiger partial charge is 0.487 e.